The van der Waals surface area contributed by atoms with Gasteiger partial charge in [-0.15, -0.1) is 10.3 Å². The van der Waals surface area contributed by atoms with Crippen LogP contribution in [-0.4, -0.2) is 48.9 Å². The van der Waals surface area contributed by atoms with Crippen LogP contribution in [-0.2, 0) is 19.5 Å². The lowest BCUT2D eigenvalue weighted by Crippen LogP contribution is -2.31. The number of hydrogen-bond donors (Lipinski definition) is 2. The van der Waals surface area contributed by atoms with E-state index in [4.69, 9.17) is 10.2 Å². The quantitative estimate of drug-likeness (QED) is 0.274. The molecule has 2 N–H and O–H groups in total. The van der Waals surface area contributed by atoms with Crippen LogP contribution in [0.2, 0.25) is 0 Å². The Balaban J connectivity index is 3.56. The zero-order chi connectivity index (χ0) is 21.2. The molecule has 0 aliphatic carbocycles. The second kappa shape index (κ2) is 8.46. The summed E-state index contributed by atoms with van der Waals surface area (Å²) in [7, 11) is -10.3. The number of alkyl halides is 3. The average molecular weight is 452 g/mol. The highest BCUT2D eigenvalue weighted by atomic mass is 32.3. The van der Waals surface area contributed by atoms with Crippen molar-refractivity contribution in [1.29, 1.82) is 0 Å². The highest BCUT2D eigenvalue weighted by Crippen LogP contribution is 2.55. The third kappa shape index (κ3) is 5.01. The summed E-state index contributed by atoms with van der Waals surface area (Å²) in [4.78, 5) is 0. The summed E-state index contributed by atoms with van der Waals surface area (Å²) in [6, 6.07) is 0. The minimum Gasteiger partial charge on any atom is -0.395 e. The molecule has 27 heavy (non-hydrogen) atoms. The van der Waals surface area contributed by atoms with Crippen LogP contribution in [0.1, 0.15) is 5.56 Å². The van der Waals surface area contributed by atoms with Gasteiger partial charge in [-0.3, -0.25) is 0 Å². The Bertz CT molecular complexity index is 761. The number of hydrogen-bond acceptors (Lipinski definition) is 5. The lowest BCUT2D eigenvalue weighted by Gasteiger charge is -2.37. The molecule has 0 amide bonds. The van der Waals surface area contributed by atoms with Crippen LogP contribution in [0.5, 0.6) is 0 Å². The fourth-order valence-corrected chi connectivity index (χ4v) is 6.44. The van der Waals surface area contributed by atoms with Gasteiger partial charge in [0.25, 0.3) is 0 Å². The lowest BCUT2D eigenvalue weighted by molar-refractivity contribution is -0.0496. The first-order chi connectivity index (χ1) is 12.2. The Kier molecular flexibility index (Phi) is 7.49. The third-order valence-corrected chi connectivity index (χ3v) is 8.26. The van der Waals surface area contributed by atoms with E-state index in [0.717, 1.165) is 0 Å². The molecule has 1 aromatic carbocycles. The van der Waals surface area contributed by atoms with Gasteiger partial charge in [-0.05, 0) is 0 Å². The molecule has 0 aromatic heterocycles. The van der Waals surface area contributed by atoms with Crippen LogP contribution in [0.4, 0.5) is 35.1 Å². The van der Waals surface area contributed by atoms with Crippen LogP contribution in [0.25, 0.3) is 0 Å². The monoisotopic (exact) mass is 452 g/mol. The van der Waals surface area contributed by atoms with E-state index in [1.54, 1.807) is 0 Å². The van der Waals surface area contributed by atoms with Gasteiger partial charge in [0.05, 0.1) is 13.2 Å². The zero-order valence-electron chi connectivity index (χ0n) is 13.0. The maximum Gasteiger partial charge on any atom is 0.523 e. The molecule has 0 saturated carbocycles. The van der Waals surface area contributed by atoms with Gasteiger partial charge in [0.15, 0.2) is 23.3 Å². The van der Waals surface area contributed by atoms with Crippen LogP contribution < -0.4 is 0 Å². The molecule has 1 rings (SSSR count). The van der Waals surface area contributed by atoms with Crippen molar-refractivity contribution in [3.05, 3.63) is 34.6 Å². The normalized spacial score (nSPS) is 13.9. The van der Waals surface area contributed by atoms with Gasteiger partial charge in [-0.2, -0.15) is 21.6 Å². The van der Waals surface area contributed by atoms with Gasteiger partial charge in [-0.25, -0.2) is 25.6 Å². The lowest BCUT2D eigenvalue weighted by atomic mass is 10.2. The minimum absolute atomic E-state index is 0.956. The standard InChI is InChI=1S/C12H12F8O5S2/c13-7-6(8(14)10(16)11(17)9(7)15)5-26(3-1-21,4-2-22)25-27(23,24)12(18,19)20/h21-22H,1-5H2. The predicted molar refractivity (Wildman–Crippen MR) is 77.5 cm³/mol. The predicted octanol–water partition coefficient (Wildman–Crippen LogP) is 2.45. The largest absolute Gasteiger partial charge is 0.523 e. The Hall–Kier alpha value is -1.16. The van der Waals surface area contributed by atoms with Gasteiger partial charge in [-0.1, -0.05) is 0 Å². The Labute approximate surface area is 149 Å². The molecule has 0 aliphatic heterocycles. The summed E-state index contributed by atoms with van der Waals surface area (Å²) < 4.78 is 132. The zero-order valence-corrected chi connectivity index (χ0v) is 14.6. The number of aliphatic hydroxyl groups excluding tert-OH is 2. The summed E-state index contributed by atoms with van der Waals surface area (Å²) in [5.74, 6) is -15.5. The van der Waals surface area contributed by atoms with Crippen molar-refractivity contribution in [2.45, 2.75) is 11.3 Å². The van der Waals surface area contributed by atoms with Crippen LogP contribution in [0.3, 0.4) is 0 Å². The SMILES string of the molecule is O=S(=O)(OS(CCO)(CCO)Cc1c(F)c(F)c(F)c(F)c1F)C(F)(F)F. The summed E-state index contributed by atoms with van der Waals surface area (Å²) in [5.41, 5.74) is -7.59. The maximum absolute atomic E-state index is 13.8. The molecular formula is C12H12F8O5S2. The van der Waals surface area contributed by atoms with E-state index in [1.165, 1.54) is 0 Å². The molecule has 0 saturated heterocycles. The summed E-state index contributed by atoms with van der Waals surface area (Å²) in [6.45, 7) is -2.11. The fraction of sp³-hybridized carbons (Fsp3) is 0.500. The number of halogens is 8. The fourth-order valence-electron chi connectivity index (χ4n) is 1.94. The molecule has 0 bridgehead atoms. The first kappa shape index (κ1) is 23.9. The van der Waals surface area contributed by atoms with Crippen molar-refractivity contribution in [3.63, 3.8) is 0 Å². The first-order valence-electron chi connectivity index (χ1n) is 6.73. The first-order valence-corrected chi connectivity index (χ1v) is 10.2. The summed E-state index contributed by atoms with van der Waals surface area (Å²) in [5, 5.41) is 18.0. The Morgan fingerprint density at radius 2 is 1.15 bits per heavy atom. The number of aliphatic hydroxyl groups is 2. The summed E-state index contributed by atoms with van der Waals surface area (Å²) in [6.07, 6.45) is 0. The van der Waals surface area contributed by atoms with Crippen LogP contribution >= 0.6 is 10.3 Å². The van der Waals surface area contributed by atoms with E-state index in [-0.39, 0.29) is 0 Å². The number of benzene rings is 1. The van der Waals surface area contributed by atoms with E-state index in [1.807, 2.05) is 0 Å². The highest BCUT2D eigenvalue weighted by molar-refractivity contribution is 8.32. The van der Waals surface area contributed by atoms with Gasteiger partial charge >= 0.3 is 15.6 Å². The molecule has 1 aromatic rings. The molecule has 0 radical (unpaired) electrons. The average Bonchev–Trinajstić information content (AvgIpc) is 2.54. The molecule has 5 nitrogen and oxygen atoms in total. The maximum atomic E-state index is 13.8. The van der Waals surface area contributed by atoms with Crippen molar-refractivity contribution in [3.8, 4) is 0 Å². The highest BCUT2D eigenvalue weighted by Gasteiger charge is 2.51. The number of rotatable bonds is 8. The van der Waals surface area contributed by atoms with Crippen LogP contribution in [0, 0.1) is 29.1 Å². The molecule has 158 valence electrons. The molecule has 0 atom stereocenters. The van der Waals surface area contributed by atoms with Gasteiger partial charge < -0.3 is 10.2 Å². The third-order valence-electron chi connectivity index (χ3n) is 3.15. The molecule has 0 spiro atoms. The van der Waals surface area contributed by atoms with Crippen molar-refractivity contribution in [2.24, 2.45) is 0 Å². The van der Waals surface area contributed by atoms with Crippen molar-refractivity contribution >= 4 is 20.4 Å². The molecule has 0 aliphatic rings. The summed E-state index contributed by atoms with van der Waals surface area (Å²) >= 11 is 0. The molecule has 0 heterocycles. The van der Waals surface area contributed by atoms with Gasteiger partial charge in [0, 0.05) is 22.8 Å². The van der Waals surface area contributed by atoms with Crippen molar-refractivity contribution in [1.82, 2.24) is 0 Å². The van der Waals surface area contributed by atoms with Gasteiger partial charge in [0.2, 0.25) is 5.82 Å². The van der Waals surface area contributed by atoms with E-state index in [0.29, 0.717) is 0 Å². The van der Waals surface area contributed by atoms with E-state index >= 15 is 0 Å². The molecule has 0 unspecified atom stereocenters. The second-order valence-electron chi connectivity index (χ2n) is 4.98. The topological polar surface area (TPSA) is 83.8 Å². The second-order valence-corrected chi connectivity index (χ2v) is 9.93. The Morgan fingerprint density at radius 1 is 0.778 bits per heavy atom. The smallest absolute Gasteiger partial charge is 0.395 e. The van der Waals surface area contributed by atoms with Crippen molar-refractivity contribution in [2.75, 3.05) is 24.7 Å². The van der Waals surface area contributed by atoms with Crippen molar-refractivity contribution < 1.29 is 57.4 Å². The van der Waals surface area contributed by atoms with E-state index < -0.39 is 91.1 Å². The van der Waals surface area contributed by atoms with Gasteiger partial charge in [0.1, 0.15) is 0 Å². The Morgan fingerprint density at radius 3 is 1.48 bits per heavy atom. The molecular weight excluding hydrogens is 440 g/mol. The minimum atomic E-state index is -6.37. The molecule has 0 fully saturated rings. The van der Waals surface area contributed by atoms with Crippen LogP contribution in [0.15, 0.2) is 0 Å². The van der Waals surface area contributed by atoms with E-state index in [9.17, 15) is 43.5 Å². The van der Waals surface area contributed by atoms with E-state index in [2.05, 4.69) is 3.63 Å². The molecule has 15 heteroatoms.